The number of nitrogens with zero attached hydrogens (tertiary/aromatic N) is 2. The molecule has 0 radical (unpaired) electrons. The van der Waals surface area contributed by atoms with E-state index < -0.39 is 10.0 Å². The highest BCUT2D eigenvalue weighted by Crippen LogP contribution is 2.29. The van der Waals surface area contributed by atoms with Gasteiger partial charge in [0.2, 0.25) is 0 Å². The minimum atomic E-state index is -3.87. The van der Waals surface area contributed by atoms with Crippen LogP contribution in [0.25, 0.3) is 0 Å². The molecule has 0 atom stereocenters. The zero-order chi connectivity index (χ0) is 18.0. The lowest BCUT2D eigenvalue weighted by Crippen LogP contribution is -2.18. The van der Waals surface area contributed by atoms with Crippen LogP contribution in [0.5, 0.6) is 11.5 Å². The maximum atomic E-state index is 12.6. The molecule has 130 valence electrons. The van der Waals surface area contributed by atoms with Crippen LogP contribution >= 0.6 is 0 Å². The van der Waals surface area contributed by atoms with Crippen molar-refractivity contribution in [3.8, 4) is 11.5 Å². The fraction of sp³-hybridized carbons (Fsp3) is 0.375. The van der Waals surface area contributed by atoms with Crippen LogP contribution in [0.2, 0.25) is 0 Å². The number of ether oxygens (including phenoxy) is 2. The molecular weight excluding hydrogens is 330 g/mol. The molecule has 1 aromatic carbocycles. The van der Waals surface area contributed by atoms with Crippen LogP contribution in [0.3, 0.4) is 0 Å². The summed E-state index contributed by atoms with van der Waals surface area (Å²) in [7, 11) is -1.00. The Balaban J connectivity index is 2.35. The number of rotatable bonds is 5. The number of hydrogen-bond donors (Lipinski definition) is 1. The summed E-state index contributed by atoms with van der Waals surface area (Å²) in [5, 5.41) is 0. The number of anilines is 1. The first-order valence-electron chi connectivity index (χ1n) is 7.25. The Hall–Kier alpha value is -2.35. The van der Waals surface area contributed by atoms with E-state index in [2.05, 4.69) is 14.7 Å². The van der Waals surface area contributed by atoms with Crippen LogP contribution in [-0.2, 0) is 15.4 Å². The lowest BCUT2D eigenvalue weighted by atomic mass is 9.96. The highest BCUT2D eigenvalue weighted by Gasteiger charge is 2.22. The first kappa shape index (κ1) is 18.0. The first-order valence-corrected chi connectivity index (χ1v) is 8.73. The Morgan fingerprint density at radius 2 is 1.67 bits per heavy atom. The van der Waals surface area contributed by atoms with Gasteiger partial charge in [0.1, 0.15) is 22.2 Å². The van der Waals surface area contributed by atoms with Gasteiger partial charge in [-0.1, -0.05) is 20.8 Å². The second-order valence-electron chi connectivity index (χ2n) is 6.17. The van der Waals surface area contributed by atoms with E-state index in [4.69, 9.17) is 9.47 Å². The predicted octanol–water partition coefficient (Wildman–Crippen LogP) is 2.59. The molecule has 2 rings (SSSR count). The molecule has 0 amide bonds. The number of hydrogen-bond acceptors (Lipinski definition) is 6. The summed E-state index contributed by atoms with van der Waals surface area (Å²) in [4.78, 5) is 8.40. The molecule has 2 aromatic rings. The number of benzene rings is 1. The van der Waals surface area contributed by atoms with Crippen LogP contribution in [-0.4, -0.2) is 32.6 Å². The van der Waals surface area contributed by atoms with Crippen molar-refractivity contribution in [3.05, 3.63) is 36.4 Å². The highest BCUT2D eigenvalue weighted by molar-refractivity contribution is 7.92. The van der Waals surface area contributed by atoms with Gasteiger partial charge in [-0.15, -0.1) is 0 Å². The summed E-state index contributed by atoms with van der Waals surface area (Å²) >= 11 is 0. The van der Waals surface area contributed by atoms with Gasteiger partial charge in [-0.25, -0.2) is 18.4 Å². The molecule has 0 fully saturated rings. The van der Waals surface area contributed by atoms with Crippen molar-refractivity contribution in [1.29, 1.82) is 0 Å². The van der Waals surface area contributed by atoms with Crippen molar-refractivity contribution >= 4 is 15.7 Å². The van der Waals surface area contributed by atoms with E-state index in [1.165, 1.54) is 38.7 Å². The first-order chi connectivity index (χ1) is 11.2. The standard InChI is InChI=1S/C16H21N3O4S/c1-16(2,3)15-17-9-11(10-18-15)19-24(20,21)14-8-12(22-4)6-7-13(14)23-5/h6-10,19H,1-5H3. The van der Waals surface area contributed by atoms with Gasteiger partial charge in [-0.2, -0.15) is 0 Å². The molecule has 0 saturated heterocycles. The molecule has 0 unspecified atom stereocenters. The van der Waals surface area contributed by atoms with E-state index in [0.717, 1.165) is 0 Å². The van der Waals surface area contributed by atoms with Gasteiger partial charge in [0.25, 0.3) is 10.0 Å². The Kier molecular flexibility index (Phi) is 4.98. The second kappa shape index (κ2) is 6.64. The SMILES string of the molecule is COc1ccc(OC)c(S(=O)(=O)Nc2cnc(C(C)(C)C)nc2)c1. The van der Waals surface area contributed by atoms with E-state index in [-0.39, 0.29) is 21.7 Å². The minimum Gasteiger partial charge on any atom is -0.497 e. The Labute approximate surface area is 142 Å². The Bertz CT molecular complexity index is 812. The van der Waals surface area contributed by atoms with E-state index in [9.17, 15) is 8.42 Å². The van der Waals surface area contributed by atoms with Gasteiger partial charge >= 0.3 is 0 Å². The maximum absolute atomic E-state index is 12.6. The lowest BCUT2D eigenvalue weighted by molar-refractivity contribution is 0.392. The molecule has 1 N–H and O–H groups in total. The second-order valence-corrected chi connectivity index (χ2v) is 7.82. The van der Waals surface area contributed by atoms with E-state index >= 15 is 0 Å². The lowest BCUT2D eigenvalue weighted by Gasteiger charge is -2.16. The Morgan fingerprint density at radius 1 is 1.04 bits per heavy atom. The van der Waals surface area contributed by atoms with E-state index in [1.807, 2.05) is 20.8 Å². The zero-order valence-electron chi connectivity index (χ0n) is 14.3. The number of sulfonamides is 1. The number of nitrogens with one attached hydrogen (secondary N) is 1. The average molecular weight is 351 g/mol. The molecule has 0 bridgehead atoms. The van der Waals surface area contributed by atoms with Crippen LogP contribution in [0, 0.1) is 0 Å². The van der Waals surface area contributed by atoms with Crippen molar-refractivity contribution in [3.63, 3.8) is 0 Å². The normalized spacial score (nSPS) is 11.9. The maximum Gasteiger partial charge on any atom is 0.265 e. The topological polar surface area (TPSA) is 90.4 Å². The molecule has 0 spiro atoms. The predicted molar refractivity (Wildman–Crippen MR) is 91.1 cm³/mol. The summed E-state index contributed by atoms with van der Waals surface area (Å²) < 4.78 is 37.9. The van der Waals surface area contributed by atoms with E-state index in [0.29, 0.717) is 11.6 Å². The van der Waals surface area contributed by atoms with Crippen LogP contribution in [0.15, 0.2) is 35.5 Å². The summed E-state index contributed by atoms with van der Waals surface area (Å²) in [5.41, 5.74) is 0.0563. The molecule has 24 heavy (non-hydrogen) atoms. The summed E-state index contributed by atoms with van der Waals surface area (Å²) in [6, 6.07) is 4.55. The van der Waals surface area contributed by atoms with Crippen LogP contribution in [0.4, 0.5) is 5.69 Å². The smallest absolute Gasteiger partial charge is 0.265 e. The highest BCUT2D eigenvalue weighted by atomic mass is 32.2. The van der Waals surface area contributed by atoms with Gasteiger partial charge < -0.3 is 9.47 Å². The summed E-state index contributed by atoms with van der Waals surface area (Å²) in [6.45, 7) is 5.94. The third kappa shape index (κ3) is 3.94. The fourth-order valence-corrected chi connectivity index (χ4v) is 3.19. The molecule has 0 aliphatic carbocycles. The third-order valence-electron chi connectivity index (χ3n) is 3.24. The average Bonchev–Trinajstić information content (AvgIpc) is 2.53. The molecular formula is C16H21N3O4S. The van der Waals surface area contributed by atoms with Gasteiger partial charge in [0.05, 0.1) is 32.3 Å². The van der Waals surface area contributed by atoms with Crippen LogP contribution < -0.4 is 14.2 Å². The zero-order valence-corrected chi connectivity index (χ0v) is 15.1. The van der Waals surface area contributed by atoms with Crippen molar-refractivity contribution < 1.29 is 17.9 Å². The minimum absolute atomic E-state index is 0.0238. The molecule has 1 aromatic heterocycles. The van der Waals surface area contributed by atoms with Crippen molar-refractivity contribution in [1.82, 2.24) is 9.97 Å². The summed E-state index contributed by atoms with van der Waals surface area (Å²) in [5.74, 6) is 1.26. The Morgan fingerprint density at radius 3 is 2.17 bits per heavy atom. The molecule has 1 heterocycles. The van der Waals surface area contributed by atoms with Crippen molar-refractivity contribution in [2.45, 2.75) is 31.1 Å². The fourth-order valence-electron chi connectivity index (χ4n) is 1.97. The third-order valence-corrected chi connectivity index (χ3v) is 4.64. The summed E-state index contributed by atoms with van der Waals surface area (Å²) in [6.07, 6.45) is 2.88. The van der Waals surface area contributed by atoms with Crippen molar-refractivity contribution in [2.24, 2.45) is 0 Å². The molecule has 8 heteroatoms. The number of aromatic nitrogens is 2. The number of methoxy groups -OCH3 is 2. The van der Waals surface area contributed by atoms with Gasteiger partial charge in [-0.05, 0) is 12.1 Å². The monoisotopic (exact) mass is 351 g/mol. The van der Waals surface area contributed by atoms with E-state index in [1.54, 1.807) is 6.07 Å². The van der Waals surface area contributed by atoms with Crippen LogP contribution in [0.1, 0.15) is 26.6 Å². The molecule has 7 nitrogen and oxygen atoms in total. The van der Waals surface area contributed by atoms with Gasteiger partial charge in [0, 0.05) is 11.5 Å². The largest absolute Gasteiger partial charge is 0.497 e. The molecule has 0 aliphatic rings. The van der Waals surface area contributed by atoms with Crippen molar-refractivity contribution in [2.75, 3.05) is 18.9 Å². The van der Waals surface area contributed by atoms with Gasteiger partial charge in [0.15, 0.2) is 0 Å². The van der Waals surface area contributed by atoms with Gasteiger partial charge in [-0.3, -0.25) is 4.72 Å². The molecule has 0 saturated carbocycles. The molecule has 0 aliphatic heterocycles. The quantitative estimate of drug-likeness (QED) is 0.890.